The van der Waals surface area contributed by atoms with Crippen LogP contribution < -0.4 is 0 Å². The minimum atomic E-state index is -3.42. The maximum absolute atomic E-state index is 10.6. The lowest BCUT2D eigenvalue weighted by atomic mass is 9.89. The van der Waals surface area contributed by atoms with Crippen molar-refractivity contribution < 1.29 is 8.42 Å². The van der Waals surface area contributed by atoms with E-state index >= 15 is 0 Å². The molecule has 0 atom stereocenters. The minimum absolute atomic E-state index is 0.0681. The standard InChI is InChI=1S/C8H15ClO2S/c1-7(5-8(2,3)4)6-12(9,10)11/h1,5-6H2,2-4H3. The molecule has 0 spiro atoms. The number of hydrogen-bond acceptors (Lipinski definition) is 2. The third-order valence-corrected chi connectivity index (χ3v) is 2.24. The van der Waals surface area contributed by atoms with Gasteiger partial charge in [-0.25, -0.2) is 8.42 Å². The Morgan fingerprint density at radius 1 is 1.42 bits per heavy atom. The van der Waals surface area contributed by atoms with E-state index in [2.05, 4.69) is 6.58 Å². The van der Waals surface area contributed by atoms with E-state index in [4.69, 9.17) is 10.7 Å². The second-order valence-electron chi connectivity index (χ2n) is 4.17. The molecule has 0 heterocycles. The zero-order valence-corrected chi connectivity index (χ0v) is 9.30. The van der Waals surface area contributed by atoms with Crippen LogP contribution in [0.15, 0.2) is 12.2 Å². The highest BCUT2D eigenvalue weighted by atomic mass is 35.7. The van der Waals surface area contributed by atoms with Crippen LogP contribution in [0.4, 0.5) is 0 Å². The topological polar surface area (TPSA) is 34.1 Å². The second-order valence-corrected chi connectivity index (χ2v) is 6.95. The SMILES string of the molecule is C=C(CC(C)(C)C)CS(=O)(=O)Cl. The first-order valence-electron chi connectivity index (χ1n) is 3.69. The van der Waals surface area contributed by atoms with Gasteiger partial charge in [0.15, 0.2) is 0 Å². The average molecular weight is 211 g/mol. The van der Waals surface area contributed by atoms with E-state index in [0.29, 0.717) is 12.0 Å². The van der Waals surface area contributed by atoms with E-state index in [0.717, 1.165) is 0 Å². The summed E-state index contributed by atoms with van der Waals surface area (Å²) in [4.78, 5) is 0. The lowest BCUT2D eigenvalue weighted by molar-refractivity contribution is 0.410. The third-order valence-electron chi connectivity index (χ3n) is 1.16. The van der Waals surface area contributed by atoms with Gasteiger partial charge in [-0.1, -0.05) is 32.9 Å². The van der Waals surface area contributed by atoms with E-state index in [1.807, 2.05) is 20.8 Å². The quantitative estimate of drug-likeness (QED) is 0.530. The molecule has 2 nitrogen and oxygen atoms in total. The summed E-state index contributed by atoms with van der Waals surface area (Å²) in [6.07, 6.45) is 0.680. The van der Waals surface area contributed by atoms with Gasteiger partial charge in [-0.3, -0.25) is 0 Å². The fraction of sp³-hybridized carbons (Fsp3) is 0.750. The third kappa shape index (κ3) is 8.08. The monoisotopic (exact) mass is 210 g/mol. The molecule has 0 aromatic rings. The first kappa shape index (κ1) is 12.0. The molecule has 0 aliphatic heterocycles. The molecule has 0 N–H and O–H groups in total. The Balaban J connectivity index is 4.10. The molecular formula is C8H15ClO2S. The molecule has 12 heavy (non-hydrogen) atoms. The van der Waals surface area contributed by atoms with E-state index in [1.165, 1.54) is 0 Å². The summed E-state index contributed by atoms with van der Waals surface area (Å²) in [6.45, 7) is 9.74. The van der Waals surface area contributed by atoms with Crippen molar-refractivity contribution in [2.75, 3.05) is 5.75 Å². The molecule has 0 radical (unpaired) electrons. The molecule has 4 heteroatoms. The van der Waals surface area contributed by atoms with Gasteiger partial charge in [-0.05, 0) is 11.8 Å². The van der Waals surface area contributed by atoms with Crippen LogP contribution in [0, 0.1) is 5.41 Å². The van der Waals surface area contributed by atoms with Crippen LogP contribution in [0.2, 0.25) is 0 Å². The van der Waals surface area contributed by atoms with E-state index in [9.17, 15) is 8.42 Å². The van der Waals surface area contributed by atoms with Gasteiger partial charge >= 0.3 is 0 Å². The Kier molecular flexibility index (Phi) is 3.79. The van der Waals surface area contributed by atoms with Crippen molar-refractivity contribution in [1.29, 1.82) is 0 Å². The summed E-state index contributed by atoms with van der Waals surface area (Å²) in [6, 6.07) is 0. The highest BCUT2D eigenvalue weighted by Crippen LogP contribution is 2.24. The highest BCUT2D eigenvalue weighted by Gasteiger charge is 2.15. The molecule has 0 aromatic carbocycles. The van der Waals surface area contributed by atoms with Gasteiger partial charge in [0.05, 0.1) is 5.75 Å². The smallest absolute Gasteiger partial charge is 0.212 e. The molecule has 0 aliphatic rings. The van der Waals surface area contributed by atoms with Crippen molar-refractivity contribution in [1.82, 2.24) is 0 Å². The summed E-state index contributed by atoms with van der Waals surface area (Å²) in [5, 5.41) is 0. The number of hydrogen-bond donors (Lipinski definition) is 0. The van der Waals surface area contributed by atoms with Crippen molar-refractivity contribution in [3.63, 3.8) is 0 Å². The summed E-state index contributed by atoms with van der Waals surface area (Å²) in [7, 11) is 1.65. The molecule has 0 saturated heterocycles. The minimum Gasteiger partial charge on any atom is -0.212 e. The normalized spacial score (nSPS) is 13.0. The van der Waals surface area contributed by atoms with Crippen LogP contribution in [0.3, 0.4) is 0 Å². The van der Waals surface area contributed by atoms with Gasteiger partial charge in [-0.15, -0.1) is 0 Å². The van der Waals surface area contributed by atoms with Crippen molar-refractivity contribution in [2.24, 2.45) is 5.41 Å². The average Bonchev–Trinajstić information content (AvgIpc) is 1.49. The van der Waals surface area contributed by atoms with Crippen LogP contribution in [0.25, 0.3) is 0 Å². The van der Waals surface area contributed by atoms with E-state index in [-0.39, 0.29) is 11.2 Å². The molecule has 0 amide bonds. The van der Waals surface area contributed by atoms with E-state index < -0.39 is 9.05 Å². The van der Waals surface area contributed by atoms with Crippen LogP contribution in [0.1, 0.15) is 27.2 Å². The van der Waals surface area contributed by atoms with E-state index in [1.54, 1.807) is 0 Å². The Morgan fingerprint density at radius 2 is 1.83 bits per heavy atom. The Morgan fingerprint density at radius 3 is 2.08 bits per heavy atom. The molecule has 0 rings (SSSR count). The van der Waals surface area contributed by atoms with Crippen LogP contribution in [0.5, 0.6) is 0 Å². The first-order valence-corrected chi connectivity index (χ1v) is 6.17. The summed E-state index contributed by atoms with van der Waals surface area (Å²) >= 11 is 0. The number of rotatable bonds is 3. The molecule has 0 bridgehead atoms. The maximum Gasteiger partial charge on any atom is 0.236 e. The first-order chi connectivity index (χ1) is 5.10. The Labute approximate surface area is 79.0 Å². The van der Waals surface area contributed by atoms with Crippen LogP contribution >= 0.6 is 10.7 Å². The summed E-state index contributed by atoms with van der Waals surface area (Å²) in [5.41, 5.74) is 0.732. The molecule has 0 aliphatic carbocycles. The predicted octanol–water partition coefficient (Wildman–Crippen LogP) is 2.55. The summed E-state index contributed by atoms with van der Waals surface area (Å²) < 4.78 is 21.3. The van der Waals surface area contributed by atoms with Gasteiger partial charge in [0.2, 0.25) is 9.05 Å². The molecule has 0 aromatic heterocycles. The number of halogens is 1. The van der Waals surface area contributed by atoms with Crippen molar-refractivity contribution in [3.05, 3.63) is 12.2 Å². The van der Waals surface area contributed by atoms with Gasteiger partial charge < -0.3 is 0 Å². The van der Waals surface area contributed by atoms with Crippen molar-refractivity contribution in [2.45, 2.75) is 27.2 Å². The van der Waals surface area contributed by atoms with Gasteiger partial charge in [0, 0.05) is 10.7 Å². The Bertz CT molecular complexity index is 259. The maximum atomic E-state index is 10.6. The molecule has 0 saturated carbocycles. The zero-order chi connectivity index (χ0) is 9.99. The fourth-order valence-electron chi connectivity index (χ4n) is 1.04. The highest BCUT2D eigenvalue weighted by molar-refractivity contribution is 8.13. The van der Waals surface area contributed by atoms with Gasteiger partial charge in [0.25, 0.3) is 0 Å². The Hall–Kier alpha value is -0.0200. The van der Waals surface area contributed by atoms with Crippen molar-refractivity contribution >= 4 is 19.7 Å². The lowest BCUT2D eigenvalue weighted by Crippen LogP contribution is -2.10. The summed E-state index contributed by atoms with van der Waals surface area (Å²) in [5.74, 6) is -0.119. The van der Waals surface area contributed by atoms with Crippen LogP contribution in [-0.2, 0) is 9.05 Å². The largest absolute Gasteiger partial charge is 0.236 e. The second kappa shape index (κ2) is 3.79. The fourth-order valence-corrected chi connectivity index (χ4v) is 2.10. The van der Waals surface area contributed by atoms with Gasteiger partial charge in [0.1, 0.15) is 0 Å². The lowest BCUT2D eigenvalue weighted by Gasteiger charge is -2.18. The predicted molar refractivity (Wildman–Crippen MR) is 52.9 cm³/mol. The van der Waals surface area contributed by atoms with Crippen LogP contribution in [-0.4, -0.2) is 14.2 Å². The molecule has 0 unspecified atom stereocenters. The van der Waals surface area contributed by atoms with Gasteiger partial charge in [-0.2, -0.15) is 0 Å². The molecule has 72 valence electrons. The van der Waals surface area contributed by atoms with Crippen molar-refractivity contribution in [3.8, 4) is 0 Å². The molecule has 0 fully saturated rings. The molecular weight excluding hydrogens is 196 g/mol. The zero-order valence-electron chi connectivity index (χ0n) is 7.72.